The zero-order valence-corrected chi connectivity index (χ0v) is 12.0. The Morgan fingerprint density at radius 3 is 2.75 bits per heavy atom. The standard InChI is InChI=1S/C12H12BrFS2/c13-9-4-3-8-2-1-5-12(10(8)11(9)14)15-6-7-16-12/h3-4H,1-2,5-7H2. The van der Waals surface area contributed by atoms with Crippen LogP contribution in [0.1, 0.15) is 24.0 Å². The molecule has 1 aliphatic heterocycles. The molecule has 0 unspecified atom stereocenters. The first-order valence-corrected chi connectivity index (χ1v) is 8.25. The molecule has 1 aromatic rings. The zero-order valence-electron chi connectivity index (χ0n) is 8.76. The molecule has 0 N–H and O–H groups in total. The fourth-order valence-corrected chi connectivity index (χ4v) is 6.39. The number of fused-ring (bicyclic) bond motifs is 2. The molecule has 1 aliphatic carbocycles. The fraction of sp³-hybridized carbons (Fsp3) is 0.500. The van der Waals surface area contributed by atoms with Gasteiger partial charge in [0.05, 0.1) is 8.55 Å². The predicted octanol–water partition coefficient (Wildman–Crippen LogP) is 4.56. The van der Waals surface area contributed by atoms with Crippen molar-refractivity contribution in [1.29, 1.82) is 0 Å². The van der Waals surface area contributed by atoms with Gasteiger partial charge >= 0.3 is 0 Å². The van der Waals surface area contributed by atoms with E-state index >= 15 is 0 Å². The largest absolute Gasteiger partial charge is 0.205 e. The first-order valence-electron chi connectivity index (χ1n) is 5.48. The number of thioether (sulfide) groups is 2. The quantitative estimate of drug-likeness (QED) is 0.688. The van der Waals surface area contributed by atoms with Gasteiger partial charge in [0.25, 0.3) is 0 Å². The van der Waals surface area contributed by atoms with Gasteiger partial charge in [-0.1, -0.05) is 6.07 Å². The summed E-state index contributed by atoms with van der Waals surface area (Å²) < 4.78 is 14.9. The molecular weight excluding hydrogens is 307 g/mol. The monoisotopic (exact) mass is 318 g/mol. The van der Waals surface area contributed by atoms with Crippen molar-refractivity contribution >= 4 is 39.5 Å². The van der Waals surface area contributed by atoms with Crippen LogP contribution in [0, 0.1) is 5.82 Å². The highest BCUT2D eigenvalue weighted by molar-refractivity contribution is 9.10. The van der Waals surface area contributed by atoms with Gasteiger partial charge in [0, 0.05) is 17.1 Å². The van der Waals surface area contributed by atoms with Crippen molar-refractivity contribution in [3.8, 4) is 0 Å². The van der Waals surface area contributed by atoms with E-state index < -0.39 is 0 Å². The second kappa shape index (κ2) is 4.21. The molecule has 1 aromatic carbocycles. The van der Waals surface area contributed by atoms with Crippen LogP contribution in [0.5, 0.6) is 0 Å². The summed E-state index contributed by atoms with van der Waals surface area (Å²) in [7, 11) is 0. The summed E-state index contributed by atoms with van der Waals surface area (Å²) in [6, 6.07) is 3.93. The maximum absolute atomic E-state index is 14.3. The van der Waals surface area contributed by atoms with Gasteiger partial charge in [-0.15, -0.1) is 23.5 Å². The molecule has 0 amide bonds. The van der Waals surface area contributed by atoms with Crippen LogP contribution < -0.4 is 0 Å². The Hall–Kier alpha value is 0.330. The van der Waals surface area contributed by atoms with Gasteiger partial charge in [-0.3, -0.25) is 0 Å². The Kier molecular flexibility index (Phi) is 3.01. The summed E-state index contributed by atoms with van der Waals surface area (Å²) in [5, 5.41) is 0. The lowest BCUT2D eigenvalue weighted by molar-refractivity contribution is 0.555. The summed E-state index contributed by atoms with van der Waals surface area (Å²) in [5.74, 6) is 2.27. The number of rotatable bonds is 0. The van der Waals surface area contributed by atoms with Crippen LogP contribution in [0.15, 0.2) is 16.6 Å². The number of hydrogen-bond donors (Lipinski definition) is 0. The molecule has 0 nitrogen and oxygen atoms in total. The Morgan fingerprint density at radius 1 is 1.25 bits per heavy atom. The number of halogens is 2. The highest BCUT2D eigenvalue weighted by Crippen LogP contribution is 2.58. The molecule has 16 heavy (non-hydrogen) atoms. The van der Waals surface area contributed by atoms with E-state index in [0.717, 1.165) is 29.9 Å². The first-order chi connectivity index (χ1) is 7.73. The van der Waals surface area contributed by atoms with Gasteiger partial charge in [0.2, 0.25) is 0 Å². The Morgan fingerprint density at radius 2 is 2.00 bits per heavy atom. The number of aryl methyl sites for hydroxylation is 1. The Bertz CT molecular complexity index is 427. The van der Waals surface area contributed by atoms with Crippen molar-refractivity contribution in [2.24, 2.45) is 0 Å². The van der Waals surface area contributed by atoms with E-state index in [4.69, 9.17) is 0 Å². The molecule has 0 bridgehead atoms. The SMILES string of the molecule is Fc1c(Br)ccc2c1C1(CCC2)SCCS1. The fourth-order valence-electron chi connectivity index (χ4n) is 2.59. The average Bonchev–Trinajstić information content (AvgIpc) is 2.73. The van der Waals surface area contributed by atoms with Crippen LogP contribution in [-0.4, -0.2) is 11.5 Å². The van der Waals surface area contributed by atoms with Crippen LogP contribution in [0.2, 0.25) is 0 Å². The molecule has 3 rings (SSSR count). The van der Waals surface area contributed by atoms with Crippen molar-refractivity contribution in [1.82, 2.24) is 0 Å². The van der Waals surface area contributed by atoms with Crippen LogP contribution in [-0.2, 0) is 10.5 Å². The molecule has 0 saturated carbocycles. The van der Waals surface area contributed by atoms with Gasteiger partial charge in [-0.25, -0.2) is 4.39 Å². The van der Waals surface area contributed by atoms with Gasteiger partial charge < -0.3 is 0 Å². The van der Waals surface area contributed by atoms with Crippen LogP contribution in [0.3, 0.4) is 0 Å². The minimum atomic E-state index is -0.0286. The van der Waals surface area contributed by atoms with Crippen LogP contribution in [0.4, 0.5) is 4.39 Å². The van der Waals surface area contributed by atoms with E-state index in [2.05, 4.69) is 22.0 Å². The van der Waals surface area contributed by atoms with Crippen molar-refractivity contribution < 1.29 is 4.39 Å². The lowest BCUT2D eigenvalue weighted by Gasteiger charge is -2.34. The summed E-state index contributed by atoms with van der Waals surface area (Å²) >= 11 is 7.18. The molecule has 2 aliphatic rings. The minimum absolute atomic E-state index is 0.0153. The molecule has 1 spiro atoms. The molecule has 0 aromatic heterocycles. The third-order valence-electron chi connectivity index (χ3n) is 3.27. The van der Waals surface area contributed by atoms with E-state index in [1.165, 1.54) is 12.0 Å². The summed E-state index contributed by atoms with van der Waals surface area (Å²) in [6.07, 6.45) is 3.33. The zero-order chi connectivity index (χ0) is 11.2. The molecule has 4 heteroatoms. The normalized spacial score (nSPS) is 22.4. The number of benzene rings is 1. The van der Waals surface area contributed by atoms with Gasteiger partial charge in [-0.05, 0) is 46.8 Å². The van der Waals surface area contributed by atoms with Gasteiger partial charge in [0.15, 0.2) is 0 Å². The Labute approximate surface area is 112 Å². The molecule has 1 saturated heterocycles. The first kappa shape index (κ1) is 11.4. The molecule has 1 fully saturated rings. The lowest BCUT2D eigenvalue weighted by Crippen LogP contribution is -2.23. The third-order valence-corrected chi connectivity index (χ3v) is 7.41. The molecule has 0 radical (unpaired) electrons. The summed E-state index contributed by atoms with van der Waals surface area (Å²) in [5.41, 5.74) is 2.19. The van der Waals surface area contributed by atoms with Gasteiger partial charge in [-0.2, -0.15) is 0 Å². The average molecular weight is 319 g/mol. The van der Waals surface area contributed by atoms with Crippen molar-refractivity contribution in [2.45, 2.75) is 23.3 Å². The summed E-state index contributed by atoms with van der Waals surface area (Å²) in [4.78, 5) is 0. The smallest absolute Gasteiger partial charge is 0.143 e. The maximum atomic E-state index is 14.3. The highest BCUT2D eigenvalue weighted by Gasteiger charge is 2.43. The van der Waals surface area contributed by atoms with E-state index in [9.17, 15) is 4.39 Å². The molecule has 86 valence electrons. The second-order valence-electron chi connectivity index (χ2n) is 4.20. The molecule has 1 heterocycles. The van der Waals surface area contributed by atoms with Crippen molar-refractivity contribution in [3.63, 3.8) is 0 Å². The minimum Gasteiger partial charge on any atom is -0.205 e. The van der Waals surface area contributed by atoms with Crippen molar-refractivity contribution in [2.75, 3.05) is 11.5 Å². The van der Waals surface area contributed by atoms with Gasteiger partial charge in [0.1, 0.15) is 5.82 Å². The third kappa shape index (κ3) is 1.65. The van der Waals surface area contributed by atoms with Crippen LogP contribution >= 0.6 is 39.5 Å². The Balaban J connectivity index is 2.19. The molecule has 0 atom stereocenters. The van der Waals surface area contributed by atoms with E-state index in [0.29, 0.717) is 4.47 Å². The summed E-state index contributed by atoms with van der Waals surface area (Å²) in [6.45, 7) is 0. The predicted molar refractivity (Wildman–Crippen MR) is 73.6 cm³/mol. The maximum Gasteiger partial charge on any atom is 0.143 e. The van der Waals surface area contributed by atoms with E-state index in [-0.39, 0.29) is 9.90 Å². The topological polar surface area (TPSA) is 0 Å². The van der Waals surface area contributed by atoms with Crippen molar-refractivity contribution in [3.05, 3.63) is 33.5 Å². The lowest BCUT2D eigenvalue weighted by atomic mass is 9.90. The highest BCUT2D eigenvalue weighted by atomic mass is 79.9. The second-order valence-corrected chi connectivity index (χ2v) is 8.10. The number of hydrogen-bond acceptors (Lipinski definition) is 2. The molecular formula is C12H12BrFS2. The van der Waals surface area contributed by atoms with E-state index in [1.807, 2.05) is 29.6 Å². The van der Waals surface area contributed by atoms with E-state index in [1.54, 1.807) is 0 Å². The van der Waals surface area contributed by atoms with Crippen LogP contribution in [0.25, 0.3) is 0 Å².